The van der Waals surface area contributed by atoms with E-state index in [0.29, 0.717) is 0 Å². The number of benzene rings is 2. The fraction of sp³-hybridized carbons (Fsp3) is 0.0526. The highest BCUT2D eigenvalue weighted by Gasteiger charge is 1.92. The molecule has 1 nitrogen and oxygen atoms in total. The Morgan fingerprint density at radius 1 is 0.550 bits per heavy atom. The first-order chi connectivity index (χ1) is 9.95. The zero-order chi connectivity index (χ0) is 13.9. The molecule has 1 heteroatoms. The maximum Gasteiger partial charge on any atom is 0.000442 e. The zero-order valence-electron chi connectivity index (χ0n) is 11.4. The Balaban J connectivity index is 0.000000178. The van der Waals surface area contributed by atoms with E-state index in [1.807, 2.05) is 36.7 Å². The summed E-state index contributed by atoms with van der Waals surface area (Å²) in [4.78, 5) is 0. The topological polar surface area (TPSA) is 12.0 Å². The minimum atomic E-state index is 1.03. The molecule has 0 fully saturated rings. The maximum absolute atomic E-state index is 2.92. The summed E-state index contributed by atoms with van der Waals surface area (Å²) in [7, 11) is 0. The van der Waals surface area contributed by atoms with Gasteiger partial charge in [0.25, 0.3) is 0 Å². The molecule has 0 saturated heterocycles. The van der Waals surface area contributed by atoms with Crippen LogP contribution < -0.4 is 5.32 Å². The third-order valence-corrected chi connectivity index (χ3v) is 2.81. The third kappa shape index (κ3) is 5.40. The van der Waals surface area contributed by atoms with Crippen molar-refractivity contribution >= 4 is 0 Å². The molecular weight excluding hydrogens is 242 g/mol. The van der Waals surface area contributed by atoms with E-state index in [0.717, 1.165) is 6.42 Å². The van der Waals surface area contributed by atoms with Crippen LogP contribution in [0.3, 0.4) is 0 Å². The lowest BCUT2D eigenvalue weighted by Gasteiger charge is -2.00. The van der Waals surface area contributed by atoms with Crippen molar-refractivity contribution in [2.45, 2.75) is 6.42 Å². The second-order valence-electron chi connectivity index (χ2n) is 4.42. The van der Waals surface area contributed by atoms with Crippen LogP contribution in [0.15, 0.2) is 97.4 Å². The van der Waals surface area contributed by atoms with Crippen molar-refractivity contribution in [2.24, 2.45) is 0 Å². The van der Waals surface area contributed by atoms with Crippen molar-refractivity contribution in [3.63, 3.8) is 0 Å². The number of hydrogen-bond acceptors (Lipinski definition) is 1. The minimum Gasteiger partial charge on any atom is -0.368 e. The van der Waals surface area contributed by atoms with Crippen LogP contribution in [0.5, 0.6) is 0 Å². The monoisotopic (exact) mass is 261 g/mol. The van der Waals surface area contributed by atoms with E-state index in [1.165, 1.54) is 11.1 Å². The van der Waals surface area contributed by atoms with Crippen LogP contribution in [0.25, 0.3) is 0 Å². The van der Waals surface area contributed by atoms with Gasteiger partial charge in [0.15, 0.2) is 0 Å². The Labute approximate surface area is 121 Å². The highest BCUT2D eigenvalue weighted by atomic mass is 14.8. The molecule has 1 aliphatic rings. The van der Waals surface area contributed by atoms with Crippen molar-refractivity contribution in [3.8, 4) is 0 Å². The van der Waals surface area contributed by atoms with Gasteiger partial charge in [0.05, 0.1) is 0 Å². The standard InChI is InChI=1S/C13H12.C6H7N/c1-3-7-12(8-4-1)11-13-9-5-2-6-10-13;1-2-4-6-7-5-3-1/h1-10H,11H2;1-7H. The smallest absolute Gasteiger partial charge is 0.000442 e. The van der Waals surface area contributed by atoms with Gasteiger partial charge in [-0.2, -0.15) is 0 Å². The van der Waals surface area contributed by atoms with E-state index in [9.17, 15) is 0 Å². The van der Waals surface area contributed by atoms with Gasteiger partial charge in [-0.15, -0.1) is 0 Å². The molecule has 2 aromatic carbocycles. The van der Waals surface area contributed by atoms with Crippen LogP contribution in [0.1, 0.15) is 11.1 Å². The zero-order valence-corrected chi connectivity index (χ0v) is 11.4. The Morgan fingerprint density at radius 2 is 1.00 bits per heavy atom. The maximum atomic E-state index is 2.92. The first-order valence-corrected chi connectivity index (χ1v) is 6.77. The lowest BCUT2D eigenvalue weighted by Crippen LogP contribution is -1.87. The van der Waals surface area contributed by atoms with E-state index in [1.54, 1.807) is 0 Å². The molecule has 0 aromatic heterocycles. The molecule has 0 amide bonds. The summed E-state index contributed by atoms with van der Waals surface area (Å²) < 4.78 is 0. The van der Waals surface area contributed by atoms with E-state index < -0.39 is 0 Å². The SMILES string of the molecule is C1=CC=CNC=C1.c1ccc(Cc2ccccc2)cc1. The van der Waals surface area contributed by atoms with Crippen LogP contribution >= 0.6 is 0 Å². The fourth-order valence-electron chi connectivity index (χ4n) is 1.83. The van der Waals surface area contributed by atoms with Gasteiger partial charge in [0, 0.05) is 12.4 Å². The van der Waals surface area contributed by atoms with Crippen molar-refractivity contribution in [2.75, 3.05) is 0 Å². The van der Waals surface area contributed by atoms with Gasteiger partial charge in [-0.25, -0.2) is 0 Å². The Kier molecular flexibility index (Phi) is 5.93. The van der Waals surface area contributed by atoms with Gasteiger partial charge < -0.3 is 5.32 Å². The predicted octanol–water partition coefficient (Wildman–Crippen LogP) is 4.45. The third-order valence-electron chi connectivity index (χ3n) is 2.81. The number of hydrogen-bond donors (Lipinski definition) is 1. The lowest BCUT2D eigenvalue weighted by molar-refractivity contribution is 1.19. The van der Waals surface area contributed by atoms with E-state index in [-0.39, 0.29) is 0 Å². The Hall–Kier alpha value is -2.54. The number of nitrogens with one attached hydrogen (secondary N) is 1. The molecule has 0 unspecified atom stereocenters. The van der Waals surface area contributed by atoms with Gasteiger partial charge in [-0.1, -0.05) is 72.8 Å². The van der Waals surface area contributed by atoms with Crippen LogP contribution in [0, 0.1) is 0 Å². The van der Waals surface area contributed by atoms with E-state index in [4.69, 9.17) is 0 Å². The van der Waals surface area contributed by atoms with Crippen LogP contribution in [-0.2, 0) is 6.42 Å². The molecule has 1 heterocycles. The second-order valence-corrected chi connectivity index (χ2v) is 4.42. The van der Waals surface area contributed by atoms with Crippen molar-refractivity contribution in [1.82, 2.24) is 5.32 Å². The van der Waals surface area contributed by atoms with Crippen LogP contribution in [-0.4, -0.2) is 0 Å². The van der Waals surface area contributed by atoms with Gasteiger partial charge in [0.1, 0.15) is 0 Å². The summed E-state index contributed by atoms with van der Waals surface area (Å²) in [6.07, 6.45) is 12.6. The van der Waals surface area contributed by atoms with Gasteiger partial charge in [-0.05, 0) is 29.7 Å². The van der Waals surface area contributed by atoms with Crippen LogP contribution in [0.4, 0.5) is 0 Å². The van der Waals surface area contributed by atoms with Gasteiger partial charge in [0.2, 0.25) is 0 Å². The Morgan fingerprint density at radius 3 is 1.45 bits per heavy atom. The summed E-state index contributed by atoms with van der Waals surface area (Å²) in [5, 5.41) is 2.92. The highest BCUT2D eigenvalue weighted by Crippen LogP contribution is 2.07. The van der Waals surface area contributed by atoms with Gasteiger partial charge >= 0.3 is 0 Å². The number of rotatable bonds is 2. The van der Waals surface area contributed by atoms with Crippen molar-refractivity contribution in [3.05, 3.63) is 108 Å². The first kappa shape index (κ1) is 13.9. The molecule has 0 saturated carbocycles. The fourth-order valence-corrected chi connectivity index (χ4v) is 1.83. The van der Waals surface area contributed by atoms with Crippen molar-refractivity contribution in [1.29, 1.82) is 0 Å². The molecule has 3 rings (SSSR count). The molecule has 0 radical (unpaired) electrons. The lowest BCUT2D eigenvalue weighted by atomic mass is 10.1. The summed E-state index contributed by atoms with van der Waals surface area (Å²) in [6.45, 7) is 0. The largest absolute Gasteiger partial charge is 0.368 e. The van der Waals surface area contributed by atoms with E-state index in [2.05, 4.69) is 66.0 Å². The average Bonchev–Trinajstić information content (AvgIpc) is 2.83. The Bertz CT molecular complexity index is 514. The predicted molar refractivity (Wildman–Crippen MR) is 86.2 cm³/mol. The molecule has 1 N–H and O–H groups in total. The van der Waals surface area contributed by atoms with Gasteiger partial charge in [-0.3, -0.25) is 0 Å². The van der Waals surface area contributed by atoms with Crippen molar-refractivity contribution < 1.29 is 0 Å². The average molecular weight is 261 g/mol. The highest BCUT2D eigenvalue weighted by molar-refractivity contribution is 5.25. The molecule has 100 valence electrons. The number of allylic oxidation sites excluding steroid dienone is 4. The first-order valence-electron chi connectivity index (χ1n) is 6.77. The molecule has 20 heavy (non-hydrogen) atoms. The molecule has 0 spiro atoms. The minimum absolute atomic E-state index is 1.03. The normalized spacial score (nSPS) is 12.0. The van der Waals surface area contributed by atoms with E-state index >= 15 is 0 Å². The summed E-state index contributed by atoms with van der Waals surface area (Å²) in [5.41, 5.74) is 2.74. The summed E-state index contributed by atoms with van der Waals surface area (Å²) in [6, 6.07) is 21.1. The molecule has 0 bridgehead atoms. The quantitative estimate of drug-likeness (QED) is 0.842. The summed E-state index contributed by atoms with van der Waals surface area (Å²) >= 11 is 0. The molecule has 1 aliphatic heterocycles. The molecule has 2 aromatic rings. The second kappa shape index (κ2) is 8.54. The molecule has 0 atom stereocenters. The van der Waals surface area contributed by atoms with Crippen LogP contribution in [0.2, 0.25) is 0 Å². The summed E-state index contributed by atoms with van der Waals surface area (Å²) in [5.74, 6) is 0. The molecular formula is C19H19N. The molecule has 0 aliphatic carbocycles.